The van der Waals surface area contributed by atoms with Crippen molar-refractivity contribution in [3.8, 4) is 11.1 Å². The number of anilines is 2. The number of morpholine rings is 1. The minimum Gasteiger partial charge on any atom is -0.379 e. The van der Waals surface area contributed by atoms with Crippen molar-refractivity contribution in [2.45, 2.75) is 25.7 Å². The largest absolute Gasteiger partial charge is 0.414 e. The molecule has 3 heterocycles. The Bertz CT molecular complexity index is 1400. The van der Waals surface area contributed by atoms with Crippen LogP contribution in [0.3, 0.4) is 0 Å². The van der Waals surface area contributed by atoms with Crippen LogP contribution in [0.5, 0.6) is 0 Å². The van der Waals surface area contributed by atoms with E-state index in [2.05, 4.69) is 20.1 Å². The van der Waals surface area contributed by atoms with Crippen LogP contribution in [-0.2, 0) is 20.9 Å². The number of piperazine rings is 1. The highest BCUT2D eigenvalue weighted by molar-refractivity contribution is 6.11. The third kappa shape index (κ3) is 6.71. The Hall–Kier alpha value is -3.61. The maximum Gasteiger partial charge on any atom is 0.414 e. The van der Waals surface area contributed by atoms with Gasteiger partial charge in [-0.1, -0.05) is 18.2 Å². The second-order valence-corrected chi connectivity index (χ2v) is 10.9. The van der Waals surface area contributed by atoms with E-state index in [0.29, 0.717) is 62.9 Å². The monoisotopic (exact) mass is 587 g/mol. The van der Waals surface area contributed by atoms with Crippen LogP contribution >= 0.6 is 0 Å². The zero-order valence-electron chi connectivity index (χ0n) is 23.5. The number of halogens is 4. The quantitative estimate of drug-likeness (QED) is 0.513. The Balaban J connectivity index is 1.50. The lowest BCUT2D eigenvalue weighted by molar-refractivity contribution is -0.124. The van der Waals surface area contributed by atoms with Gasteiger partial charge in [0.25, 0.3) is 5.91 Å². The van der Waals surface area contributed by atoms with Gasteiger partial charge in [-0.15, -0.1) is 0 Å². The molecule has 3 aliphatic heterocycles. The van der Waals surface area contributed by atoms with Crippen LogP contribution in [0.1, 0.15) is 12.5 Å². The molecule has 2 aromatic carbocycles. The van der Waals surface area contributed by atoms with Crippen molar-refractivity contribution in [3.05, 3.63) is 59.4 Å². The molecule has 0 spiro atoms. The molecule has 224 valence electrons. The lowest BCUT2D eigenvalue weighted by Crippen LogP contribution is -2.50. The molecule has 1 N–H and O–H groups in total. The Labute approximate surface area is 241 Å². The van der Waals surface area contributed by atoms with E-state index < -0.39 is 35.3 Å². The number of hydrogen-bond acceptors (Lipinski definition) is 6. The van der Waals surface area contributed by atoms with Gasteiger partial charge in [-0.3, -0.25) is 14.5 Å². The van der Waals surface area contributed by atoms with Crippen LogP contribution in [0.25, 0.3) is 11.1 Å². The van der Waals surface area contributed by atoms with Gasteiger partial charge < -0.3 is 19.9 Å². The molecule has 0 radical (unpaired) electrons. The highest BCUT2D eigenvalue weighted by Gasteiger charge is 2.43. The number of dihydropyridines is 1. The highest BCUT2D eigenvalue weighted by Crippen LogP contribution is 2.38. The Morgan fingerprint density at radius 3 is 2.60 bits per heavy atom. The van der Waals surface area contributed by atoms with Crippen molar-refractivity contribution in [2.24, 2.45) is 10.9 Å². The summed E-state index contributed by atoms with van der Waals surface area (Å²) in [7, 11) is 1.98. The smallest absolute Gasteiger partial charge is 0.379 e. The summed E-state index contributed by atoms with van der Waals surface area (Å²) in [6.45, 7) is 7.29. The van der Waals surface area contributed by atoms with Gasteiger partial charge in [0.1, 0.15) is 11.7 Å². The number of carbonyl (C=O) groups is 2. The average molecular weight is 588 g/mol. The van der Waals surface area contributed by atoms with Crippen molar-refractivity contribution < 1.29 is 31.9 Å². The predicted molar refractivity (Wildman–Crippen MR) is 152 cm³/mol. The fraction of sp³-hybridized carbons (Fsp3) is 0.433. The van der Waals surface area contributed by atoms with E-state index in [1.54, 1.807) is 6.07 Å². The summed E-state index contributed by atoms with van der Waals surface area (Å²) in [6.07, 6.45) is -3.87. The van der Waals surface area contributed by atoms with E-state index in [1.165, 1.54) is 12.1 Å². The van der Waals surface area contributed by atoms with Gasteiger partial charge >= 0.3 is 6.18 Å². The molecule has 1 unspecified atom stereocenters. The molecular formula is C30H33F4N5O3. The molecule has 2 amide bonds. The molecule has 5 rings (SSSR count). The summed E-state index contributed by atoms with van der Waals surface area (Å²) in [5.41, 5.74) is 1.01. The molecule has 2 fully saturated rings. The number of ether oxygens (including phenoxy) is 1. The Kier molecular flexibility index (Phi) is 8.76. The number of carbonyl (C=O) groups excluding carboxylic acids is 2. The zero-order valence-corrected chi connectivity index (χ0v) is 23.5. The van der Waals surface area contributed by atoms with Crippen LogP contribution in [0.2, 0.25) is 0 Å². The lowest BCUT2D eigenvalue weighted by atomic mass is 9.95. The SMILES string of the molecule is C[C@H]1CN(c2cc(F)c(-c3cccc(CN4CCOCC4)c3)cc2NC(=O)C2C=NC(=O)C=C2C(F)(F)F)CCN1C. The number of alkyl halides is 3. The zero-order chi connectivity index (χ0) is 30.0. The van der Waals surface area contributed by atoms with Crippen LogP contribution in [0.4, 0.5) is 28.9 Å². The van der Waals surface area contributed by atoms with E-state index in [9.17, 15) is 22.8 Å². The second-order valence-electron chi connectivity index (χ2n) is 10.9. The van der Waals surface area contributed by atoms with E-state index in [0.717, 1.165) is 18.7 Å². The third-order valence-electron chi connectivity index (χ3n) is 7.97. The van der Waals surface area contributed by atoms with Gasteiger partial charge in [-0.05, 0) is 43.3 Å². The summed E-state index contributed by atoms with van der Waals surface area (Å²) in [4.78, 5) is 34.6. The molecule has 12 heteroatoms. The van der Waals surface area contributed by atoms with Crippen LogP contribution < -0.4 is 10.2 Å². The van der Waals surface area contributed by atoms with E-state index >= 15 is 4.39 Å². The van der Waals surface area contributed by atoms with Crippen molar-refractivity contribution in [2.75, 3.05) is 63.2 Å². The first-order valence-corrected chi connectivity index (χ1v) is 13.9. The molecule has 2 atom stereocenters. The fourth-order valence-electron chi connectivity index (χ4n) is 5.43. The van der Waals surface area contributed by atoms with Gasteiger partial charge in [0.05, 0.1) is 30.2 Å². The number of hydrogen-bond donors (Lipinski definition) is 1. The number of nitrogens with one attached hydrogen (secondary N) is 1. The van der Waals surface area contributed by atoms with Gasteiger partial charge in [-0.2, -0.15) is 13.2 Å². The minimum absolute atomic E-state index is 0.123. The van der Waals surface area contributed by atoms with Crippen LogP contribution in [0.15, 0.2) is 53.0 Å². The first-order chi connectivity index (χ1) is 20.0. The molecule has 8 nitrogen and oxygen atoms in total. The molecule has 42 heavy (non-hydrogen) atoms. The summed E-state index contributed by atoms with van der Waals surface area (Å²) < 4.78 is 62.4. The molecular weight excluding hydrogens is 554 g/mol. The molecule has 3 aliphatic rings. The molecule has 2 aromatic rings. The number of amides is 2. The summed E-state index contributed by atoms with van der Waals surface area (Å²) >= 11 is 0. The first-order valence-electron chi connectivity index (χ1n) is 13.9. The van der Waals surface area contributed by atoms with Crippen molar-refractivity contribution in [3.63, 3.8) is 0 Å². The van der Waals surface area contributed by atoms with Crippen LogP contribution in [-0.4, -0.2) is 93.0 Å². The van der Waals surface area contributed by atoms with Gasteiger partial charge in [0.15, 0.2) is 0 Å². The van der Waals surface area contributed by atoms with Crippen molar-refractivity contribution >= 4 is 29.4 Å². The number of benzene rings is 2. The molecule has 0 saturated carbocycles. The number of aliphatic imine (C=N–C) groups is 1. The Morgan fingerprint density at radius 1 is 1.12 bits per heavy atom. The number of likely N-dealkylation sites (N-methyl/N-ethyl adjacent to an activating group) is 1. The number of nitrogens with zero attached hydrogens (tertiary/aromatic N) is 4. The van der Waals surface area contributed by atoms with E-state index in [4.69, 9.17) is 4.74 Å². The predicted octanol–water partition coefficient (Wildman–Crippen LogP) is 4.12. The summed E-state index contributed by atoms with van der Waals surface area (Å²) in [5.74, 6) is -4.44. The van der Waals surface area contributed by atoms with Crippen molar-refractivity contribution in [1.29, 1.82) is 0 Å². The second kappa shape index (κ2) is 12.3. The van der Waals surface area contributed by atoms with E-state index in [-0.39, 0.29) is 17.3 Å². The summed E-state index contributed by atoms with van der Waals surface area (Å²) in [6, 6.07) is 10.3. The maximum atomic E-state index is 15.8. The topological polar surface area (TPSA) is 77.5 Å². The minimum atomic E-state index is -4.91. The van der Waals surface area contributed by atoms with Gasteiger partial charge in [0.2, 0.25) is 5.91 Å². The van der Waals surface area contributed by atoms with E-state index in [1.807, 2.05) is 37.1 Å². The highest BCUT2D eigenvalue weighted by atomic mass is 19.4. The first kappa shape index (κ1) is 29.9. The van der Waals surface area contributed by atoms with Gasteiger partial charge in [0, 0.05) is 63.2 Å². The lowest BCUT2D eigenvalue weighted by Gasteiger charge is -2.40. The van der Waals surface area contributed by atoms with Crippen LogP contribution in [0, 0.1) is 11.7 Å². The Morgan fingerprint density at radius 2 is 1.88 bits per heavy atom. The molecule has 2 saturated heterocycles. The molecule has 0 aromatic heterocycles. The standard InChI is InChI=1S/C30H33F4N5O3/c1-19-17-39(7-6-37(19)2)27-15-25(31)22(21-5-3-4-20(12-21)18-38-8-10-42-11-9-38)13-26(27)36-29(41)23-16-35-28(40)14-24(23)30(32,33)34/h3-5,12-16,19,23H,6-11,17-18H2,1-2H3,(H,36,41)/t19-,23?/m0/s1. The average Bonchev–Trinajstić information content (AvgIpc) is 2.95. The maximum absolute atomic E-state index is 15.8. The normalized spacial score (nSPS) is 22.3. The van der Waals surface area contributed by atoms with Crippen molar-refractivity contribution in [1.82, 2.24) is 9.80 Å². The molecule has 0 aliphatic carbocycles. The summed E-state index contributed by atoms with van der Waals surface area (Å²) in [5, 5.41) is 2.61. The number of rotatable bonds is 6. The fourth-order valence-corrected chi connectivity index (χ4v) is 5.43. The molecule has 0 bridgehead atoms. The van der Waals surface area contributed by atoms with Gasteiger partial charge in [-0.25, -0.2) is 9.38 Å². The third-order valence-corrected chi connectivity index (χ3v) is 7.97.